The van der Waals surface area contributed by atoms with Crippen LogP contribution in [0, 0.1) is 6.92 Å². The Bertz CT molecular complexity index is 1030. The number of H-pyrrole nitrogens is 1. The normalized spacial score (nSPS) is 15.8. The third-order valence-electron chi connectivity index (χ3n) is 5.54. The Morgan fingerprint density at radius 2 is 1.94 bits per heavy atom. The van der Waals surface area contributed by atoms with Crippen LogP contribution in [0.4, 0.5) is 5.69 Å². The number of ether oxygens (including phenoxy) is 1. The molecular formula is C24H32IN7O. The summed E-state index contributed by atoms with van der Waals surface area (Å²) in [6.07, 6.45) is 1.07. The van der Waals surface area contributed by atoms with Gasteiger partial charge in [0, 0.05) is 36.9 Å². The maximum absolute atomic E-state index is 5.21. The Morgan fingerprint density at radius 3 is 2.64 bits per heavy atom. The number of aliphatic imine (C=N–C) groups is 1. The van der Waals surface area contributed by atoms with Crippen molar-refractivity contribution in [2.24, 2.45) is 4.99 Å². The molecule has 2 heterocycles. The van der Waals surface area contributed by atoms with Gasteiger partial charge in [-0.3, -0.25) is 5.10 Å². The number of guanidine groups is 1. The zero-order valence-corrected chi connectivity index (χ0v) is 21.7. The van der Waals surface area contributed by atoms with Gasteiger partial charge in [0.05, 0.1) is 7.11 Å². The van der Waals surface area contributed by atoms with Crippen LogP contribution in [-0.4, -0.2) is 53.9 Å². The van der Waals surface area contributed by atoms with Crippen LogP contribution in [0.1, 0.15) is 24.7 Å². The molecule has 1 saturated heterocycles. The van der Waals surface area contributed by atoms with Gasteiger partial charge in [0.1, 0.15) is 18.1 Å². The highest BCUT2D eigenvalue weighted by atomic mass is 127. The van der Waals surface area contributed by atoms with Gasteiger partial charge in [-0.05, 0) is 56.7 Å². The molecule has 1 aromatic heterocycles. The molecule has 1 aliphatic rings. The average molecular weight is 561 g/mol. The number of hydrogen-bond donors (Lipinski definition) is 3. The van der Waals surface area contributed by atoms with E-state index in [4.69, 9.17) is 9.73 Å². The predicted octanol–water partition coefficient (Wildman–Crippen LogP) is 3.74. The Balaban J connectivity index is 0.00000306. The second-order valence-electron chi connectivity index (χ2n) is 7.94. The van der Waals surface area contributed by atoms with Crippen molar-refractivity contribution in [3.8, 4) is 17.1 Å². The van der Waals surface area contributed by atoms with Crippen molar-refractivity contribution in [3.63, 3.8) is 0 Å². The van der Waals surface area contributed by atoms with Crippen LogP contribution in [0.5, 0.6) is 5.75 Å². The van der Waals surface area contributed by atoms with E-state index in [1.54, 1.807) is 7.11 Å². The molecule has 8 nitrogen and oxygen atoms in total. The minimum absolute atomic E-state index is 0. The zero-order valence-electron chi connectivity index (χ0n) is 19.3. The monoisotopic (exact) mass is 561 g/mol. The first-order chi connectivity index (χ1) is 15.6. The zero-order chi connectivity index (χ0) is 22.3. The van der Waals surface area contributed by atoms with Gasteiger partial charge in [0.15, 0.2) is 11.8 Å². The van der Waals surface area contributed by atoms with Gasteiger partial charge < -0.3 is 20.3 Å². The van der Waals surface area contributed by atoms with Crippen LogP contribution in [0.2, 0.25) is 0 Å². The van der Waals surface area contributed by atoms with Gasteiger partial charge >= 0.3 is 0 Å². The summed E-state index contributed by atoms with van der Waals surface area (Å²) in [6.45, 7) is 7.40. The van der Waals surface area contributed by atoms with Gasteiger partial charge in [-0.1, -0.05) is 17.7 Å². The van der Waals surface area contributed by atoms with Crippen molar-refractivity contribution in [2.75, 3.05) is 31.6 Å². The average Bonchev–Trinajstić information content (AvgIpc) is 3.48. The van der Waals surface area contributed by atoms with Gasteiger partial charge in [0.25, 0.3) is 0 Å². The summed E-state index contributed by atoms with van der Waals surface area (Å²) in [5.41, 5.74) is 3.49. The number of aryl methyl sites for hydroxylation is 1. The molecule has 0 aliphatic carbocycles. The molecule has 0 amide bonds. The summed E-state index contributed by atoms with van der Waals surface area (Å²) < 4.78 is 5.21. The second-order valence-corrected chi connectivity index (χ2v) is 7.94. The molecule has 3 N–H and O–H groups in total. The van der Waals surface area contributed by atoms with Crippen molar-refractivity contribution in [1.29, 1.82) is 0 Å². The number of aromatic nitrogens is 3. The molecule has 33 heavy (non-hydrogen) atoms. The van der Waals surface area contributed by atoms with Gasteiger partial charge in [-0.15, -0.1) is 24.0 Å². The van der Waals surface area contributed by atoms with E-state index in [2.05, 4.69) is 68.8 Å². The van der Waals surface area contributed by atoms with E-state index >= 15 is 0 Å². The summed E-state index contributed by atoms with van der Waals surface area (Å²) in [6, 6.07) is 16.8. The topological polar surface area (TPSA) is 90.5 Å². The van der Waals surface area contributed by atoms with E-state index in [0.29, 0.717) is 18.4 Å². The second kappa shape index (κ2) is 11.9. The largest absolute Gasteiger partial charge is 0.497 e. The third kappa shape index (κ3) is 6.59. The highest BCUT2D eigenvalue weighted by Crippen LogP contribution is 2.21. The number of nitrogens with one attached hydrogen (secondary N) is 3. The van der Waals surface area contributed by atoms with Crippen molar-refractivity contribution in [3.05, 3.63) is 59.9 Å². The lowest BCUT2D eigenvalue weighted by molar-refractivity contribution is 0.415. The van der Waals surface area contributed by atoms with Crippen LogP contribution in [0.3, 0.4) is 0 Å². The number of anilines is 1. The lowest BCUT2D eigenvalue weighted by Gasteiger charge is -2.20. The Labute approximate surface area is 212 Å². The van der Waals surface area contributed by atoms with Crippen molar-refractivity contribution in [2.45, 2.75) is 32.9 Å². The standard InChI is InChI=1S/C24H31N7O.HI/c1-4-25-24(27-19-13-14-31(16-19)20-9-5-17(2)6-10-20)26-15-22-28-23(30-29-22)18-7-11-21(32-3)12-8-18;/h5-12,19H,4,13-16H2,1-3H3,(H2,25,26,27)(H,28,29,30);1H. The van der Waals surface area contributed by atoms with Crippen LogP contribution < -0.4 is 20.3 Å². The number of halogens is 1. The first-order valence-electron chi connectivity index (χ1n) is 11.1. The summed E-state index contributed by atoms with van der Waals surface area (Å²) >= 11 is 0. The third-order valence-corrected chi connectivity index (χ3v) is 5.54. The van der Waals surface area contributed by atoms with Crippen molar-refractivity contribution in [1.82, 2.24) is 25.8 Å². The molecule has 176 valence electrons. The molecule has 1 aliphatic heterocycles. The SMILES string of the molecule is CCNC(=NCc1nc(-c2ccc(OC)cc2)n[nH]1)NC1CCN(c2ccc(C)cc2)C1.I. The molecular weight excluding hydrogens is 529 g/mol. The molecule has 9 heteroatoms. The molecule has 2 aromatic carbocycles. The van der Waals surface area contributed by atoms with Gasteiger partial charge in [-0.25, -0.2) is 9.98 Å². The quantitative estimate of drug-likeness (QED) is 0.232. The fraction of sp³-hybridized carbons (Fsp3) is 0.375. The number of rotatable bonds is 7. The summed E-state index contributed by atoms with van der Waals surface area (Å²) in [7, 11) is 1.65. The molecule has 0 radical (unpaired) electrons. The van der Waals surface area contributed by atoms with Crippen LogP contribution in [0.25, 0.3) is 11.4 Å². The highest BCUT2D eigenvalue weighted by Gasteiger charge is 2.23. The minimum Gasteiger partial charge on any atom is -0.497 e. The van der Waals surface area contributed by atoms with Gasteiger partial charge in [-0.2, -0.15) is 5.10 Å². The van der Waals surface area contributed by atoms with Crippen LogP contribution >= 0.6 is 24.0 Å². The van der Waals surface area contributed by atoms with Crippen molar-refractivity contribution < 1.29 is 4.74 Å². The van der Waals surface area contributed by atoms with E-state index in [-0.39, 0.29) is 24.0 Å². The van der Waals surface area contributed by atoms with Crippen LogP contribution in [-0.2, 0) is 6.54 Å². The molecule has 1 atom stereocenters. The number of benzene rings is 2. The first kappa shape index (κ1) is 24.8. The molecule has 1 fully saturated rings. The highest BCUT2D eigenvalue weighted by molar-refractivity contribution is 14.0. The number of aromatic amines is 1. The van der Waals surface area contributed by atoms with Crippen molar-refractivity contribution >= 4 is 35.6 Å². The Hall–Kier alpha value is -2.82. The number of nitrogens with zero attached hydrogens (tertiary/aromatic N) is 4. The smallest absolute Gasteiger partial charge is 0.191 e. The fourth-order valence-corrected chi connectivity index (χ4v) is 3.77. The van der Waals surface area contributed by atoms with E-state index in [9.17, 15) is 0 Å². The molecule has 0 bridgehead atoms. The lowest BCUT2D eigenvalue weighted by atomic mass is 10.2. The van der Waals surface area contributed by atoms with E-state index in [0.717, 1.165) is 49.2 Å². The van der Waals surface area contributed by atoms with E-state index in [1.807, 2.05) is 24.3 Å². The fourth-order valence-electron chi connectivity index (χ4n) is 3.77. The number of methoxy groups -OCH3 is 1. The minimum atomic E-state index is 0. The predicted molar refractivity (Wildman–Crippen MR) is 144 cm³/mol. The molecule has 4 rings (SSSR count). The molecule has 3 aromatic rings. The molecule has 0 spiro atoms. The maximum atomic E-state index is 5.21. The number of hydrogen-bond acceptors (Lipinski definition) is 5. The maximum Gasteiger partial charge on any atom is 0.191 e. The summed E-state index contributed by atoms with van der Waals surface area (Å²) in [5, 5.41) is 14.2. The molecule has 0 saturated carbocycles. The van der Waals surface area contributed by atoms with E-state index < -0.39 is 0 Å². The van der Waals surface area contributed by atoms with E-state index in [1.165, 1.54) is 11.3 Å². The first-order valence-corrected chi connectivity index (χ1v) is 11.1. The lowest BCUT2D eigenvalue weighted by Crippen LogP contribution is -2.44. The summed E-state index contributed by atoms with van der Waals surface area (Å²) in [4.78, 5) is 11.7. The Morgan fingerprint density at radius 1 is 1.18 bits per heavy atom. The molecule has 1 unspecified atom stereocenters. The summed E-state index contributed by atoms with van der Waals surface area (Å²) in [5.74, 6) is 2.98. The van der Waals surface area contributed by atoms with Crippen LogP contribution in [0.15, 0.2) is 53.5 Å². The Kier molecular flexibility index (Phi) is 8.93. The van der Waals surface area contributed by atoms with Gasteiger partial charge in [0.2, 0.25) is 0 Å².